The molecule has 29 heavy (non-hydrogen) atoms. The van der Waals surface area contributed by atoms with Crippen LogP contribution in [0.5, 0.6) is 5.75 Å². The van der Waals surface area contributed by atoms with Gasteiger partial charge < -0.3 is 9.47 Å². The molecule has 0 saturated carbocycles. The molecular weight excluding hydrogens is 366 g/mol. The molecule has 5 heteroatoms. The number of hydrogen-bond acceptors (Lipinski definition) is 5. The van der Waals surface area contributed by atoms with E-state index in [1.807, 2.05) is 18.2 Å². The lowest BCUT2D eigenvalue weighted by Gasteiger charge is -2.44. The minimum absolute atomic E-state index is 0.107. The fraction of sp³-hybridized carbons (Fsp3) is 0.333. The van der Waals surface area contributed by atoms with Gasteiger partial charge in [-0.1, -0.05) is 36.4 Å². The molecule has 0 aromatic heterocycles. The van der Waals surface area contributed by atoms with Gasteiger partial charge in [0.05, 0.1) is 19.1 Å². The van der Waals surface area contributed by atoms with Gasteiger partial charge in [0.25, 0.3) is 0 Å². The molecule has 1 fully saturated rings. The van der Waals surface area contributed by atoms with E-state index in [2.05, 4.69) is 33.9 Å². The summed E-state index contributed by atoms with van der Waals surface area (Å²) in [4.78, 5) is 26.6. The highest BCUT2D eigenvalue weighted by Crippen LogP contribution is 2.40. The number of carbonyl (C=O) groups is 2. The van der Waals surface area contributed by atoms with Crippen molar-refractivity contribution < 1.29 is 19.1 Å². The van der Waals surface area contributed by atoms with Crippen LogP contribution in [0.3, 0.4) is 0 Å². The summed E-state index contributed by atoms with van der Waals surface area (Å²) in [5.41, 5.74) is 2.27. The molecule has 0 N–H and O–H groups in total. The number of Topliss-reactive ketones (excluding diaryl/α,β-unsaturated/α-hetero) is 1. The molecule has 2 aliphatic rings. The van der Waals surface area contributed by atoms with Gasteiger partial charge in [0.15, 0.2) is 5.78 Å². The first-order valence-electron chi connectivity index (χ1n) is 9.95. The fourth-order valence-electron chi connectivity index (χ4n) is 4.09. The summed E-state index contributed by atoms with van der Waals surface area (Å²) in [5, 5.41) is 0. The molecule has 1 saturated heterocycles. The van der Waals surface area contributed by atoms with Crippen molar-refractivity contribution in [2.75, 3.05) is 20.2 Å². The first kappa shape index (κ1) is 19.4. The fourth-order valence-corrected chi connectivity index (χ4v) is 4.09. The SMILES string of the molecule is COC(=O)C=Cc1ccc2c(c1)C(=O)CC1(CCN(Cc3ccccc3)CC1)O2. The number of carbonyl (C=O) groups excluding carboxylic acids is 2. The second-order valence-electron chi connectivity index (χ2n) is 7.76. The second-order valence-corrected chi connectivity index (χ2v) is 7.76. The number of ketones is 1. The molecule has 0 amide bonds. The molecule has 0 atom stereocenters. The number of esters is 1. The zero-order chi connectivity index (χ0) is 20.3. The van der Waals surface area contributed by atoms with Crippen molar-refractivity contribution in [2.24, 2.45) is 0 Å². The highest BCUT2D eigenvalue weighted by atomic mass is 16.5. The highest BCUT2D eigenvalue weighted by Gasteiger charge is 2.42. The van der Waals surface area contributed by atoms with Crippen molar-refractivity contribution in [3.63, 3.8) is 0 Å². The third kappa shape index (κ3) is 4.40. The number of piperidine rings is 1. The highest BCUT2D eigenvalue weighted by molar-refractivity contribution is 6.01. The molecule has 5 nitrogen and oxygen atoms in total. The molecule has 1 spiro atoms. The molecule has 0 aliphatic carbocycles. The van der Waals surface area contributed by atoms with E-state index in [0.717, 1.165) is 38.0 Å². The van der Waals surface area contributed by atoms with Gasteiger partial charge in [-0.15, -0.1) is 0 Å². The lowest BCUT2D eigenvalue weighted by atomic mass is 9.82. The summed E-state index contributed by atoms with van der Waals surface area (Å²) in [7, 11) is 1.33. The molecule has 0 unspecified atom stereocenters. The molecule has 2 aliphatic heterocycles. The van der Waals surface area contributed by atoms with Crippen LogP contribution in [-0.4, -0.2) is 42.5 Å². The van der Waals surface area contributed by atoms with E-state index in [4.69, 9.17) is 4.74 Å². The minimum Gasteiger partial charge on any atom is -0.486 e. The predicted molar refractivity (Wildman–Crippen MR) is 111 cm³/mol. The van der Waals surface area contributed by atoms with Crippen molar-refractivity contribution in [3.8, 4) is 5.75 Å². The number of fused-ring (bicyclic) bond motifs is 1. The summed E-state index contributed by atoms with van der Waals surface area (Å²) in [5.74, 6) is 0.329. The summed E-state index contributed by atoms with van der Waals surface area (Å²) >= 11 is 0. The van der Waals surface area contributed by atoms with Gasteiger partial charge >= 0.3 is 5.97 Å². The standard InChI is InChI=1S/C24H25NO4/c1-28-23(27)10-8-18-7-9-22-20(15-18)21(26)16-24(29-22)11-13-25(14-12-24)17-19-5-3-2-4-6-19/h2-10,15H,11-14,16-17H2,1H3. The zero-order valence-corrected chi connectivity index (χ0v) is 16.6. The maximum atomic E-state index is 12.9. The Kier molecular flexibility index (Phi) is 5.49. The van der Waals surface area contributed by atoms with E-state index < -0.39 is 11.6 Å². The number of likely N-dealkylation sites (tertiary alicyclic amines) is 1. The van der Waals surface area contributed by atoms with Crippen LogP contribution < -0.4 is 4.74 Å². The monoisotopic (exact) mass is 391 g/mol. The molecule has 0 radical (unpaired) electrons. The Balaban J connectivity index is 1.43. The van der Waals surface area contributed by atoms with Crippen molar-refractivity contribution in [3.05, 3.63) is 71.3 Å². The maximum absolute atomic E-state index is 12.9. The van der Waals surface area contributed by atoms with Gasteiger partial charge in [0, 0.05) is 38.6 Å². The van der Waals surface area contributed by atoms with Crippen LogP contribution in [0.15, 0.2) is 54.6 Å². The van der Waals surface area contributed by atoms with Crippen LogP contribution in [0.1, 0.15) is 40.7 Å². The Hall–Kier alpha value is -2.92. The zero-order valence-electron chi connectivity index (χ0n) is 16.6. The number of benzene rings is 2. The lowest BCUT2D eigenvalue weighted by Crippen LogP contribution is -2.50. The van der Waals surface area contributed by atoms with E-state index in [-0.39, 0.29) is 5.78 Å². The number of methoxy groups -OCH3 is 1. The average Bonchev–Trinajstić information content (AvgIpc) is 2.75. The molecule has 2 heterocycles. The van der Waals surface area contributed by atoms with E-state index in [1.165, 1.54) is 18.7 Å². The molecule has 2 aromatic rings. The van der Waals surface area contributed by atoms with Gasteiger partial charge in [-0.2, -0.15) is 0 Å². The van der Waals surface area contributed by atoms with E-state index in [0.29, 0.717) is 17.7 Å². The van der Waals surface area contributed by atoms with Crippen molar-refractivity contribution in [1.82, 2.24) is 4.90 Å². The first-order valence-corrected chi connectivity index (χ1v) is 9.95. The molecule has 150 valence electrons. The Morgan fingerprint density at radius 2 is 1.93 bits per heavy atom. The Labute approximate surface area is 170 Å². The van der Waals surface area contributed by atoms with Gasteiger partial charge in [0.2, 0.25) is 0 Å². The van der Waals surface area contributed by atoms with Crippen LogP contribution in [0.25, 0.3) is 6.08 Å². The van der Waals surface area contributed by atoms with E-state index in [9.17, 15) is 9.59 Å². The lowest BCUT2D eigenvalue weighted by molar-refractivity contribution is -0.134. The molecule has 0 bridgehead atoms. The minimum atomic E-state index is -0.425. The van der Waals surface area contributed by atoms with Crippen LogP contribution in [0, 0.1) is 0 Å². The van der Waals surface area contributed by atoms with Crippen molar-refractivity contribution in [1.29, 1.82) is 0 Å². The van der Waals surface area contributed by atoms with E-state index >= 15 is 0 Å². The van der Waals surface area contributed by atoms with Crippen LogP contribution in [0.2, 0.25) is 0 Å². The van der Waals surface area contributed by atoms with Crippen molar-refractivity contribution >= 4 is 17.8 Å². The van der Waals surface area contributed by atoms with Gasteiger partial charge in [-0.3, -0.25) is 9.69 Å². The molecule has 2 aromatic carbocycles. The summed E-state index contributed by atoms with van der Waals surface area (Å²) in [6.07, 6.45) is 5.08. The van der Waals surface area contributed by atoms with Crippen molar-refractivity contribution in [2.45, 2.75) is 31.4 Å². The number of rotatable bonds is 4. The van der Waals surface area contributed by atoms with Gasteiger partial charge in [-0.25, -0.2) is 4.79 Å². The molecular formula is C24H25NO4. The quantitative estimate of drug-likeness (QED) is 0.585. The average molecular weight is 391 g/mol. The number of ether oxygens (including phenoxy) is 2. The summed E-state index contributed by atoms with van der Waals surface area (Å²) in [6, 6.07) is 15.9. The smallest absolute Gasteiger partial charge is 0.330 e. The normalized spacial score (nSPS) is 18.4. The maximum Gasteiger partial charge on any atom is 0.330 e. The number of hydrogen-bond donors (Lipinski definition) is 0. The second kappa shape index (κ2) is 8.21. The third-order valence-electron chi connectivity index (χ3n) is 5.74. The van der Waals surface area contributed by atoms with E-state index in [1.54, 1.807) is 12.1 Å². The van der Waals surface area contributed by atoms with Gasteiger partial charge in [-0.05, 0) is 29.3 Å². The predicted octanol–water partition coefficient (Wildman–Crippen LogP) is 3.87. The summed E-state index contributed by atoms with van der Waals surface area (Å²) in [6.45, 7) is 2.76. The number of nitrogens with zero attached hydrogens (tertiary/aromatic N) is 1. The topological polar surface area (TPSA) is 55.8 Å². The van der Waals surface area contributed by atoms with Crippen LogP contribution in [0.4, 0.5) is 0 Å². The Morgan fingerprint density at radius 1 is 1.17 bits per heavy atom. The van der Waals surface area contributed by atoms with Crippen LogP contribution >= 0.6 is 0 Å². The van der Waals surface area contributed by atoms with Crippen LogP contribution in [-0.2, 0) is 16.1 Å². The third-order valence-corrected chi connectivity index (χ3v) is 5.74. The first-order chi connectivity index (χ1) is 14.1. The Morgan fingerprint density at radius 3 is 2.66 bits per heavy atom. The Bertz CT molecular complexity index is 927. The summed E-state index contributed by atoms with van der Waals surface area (Å²) < 4.78 is 11.0. The molecule has 4 rings (SSSR count). The largest absolute Gasteiger partial charge is 0.486 e. The van der Waals surface area contributed by atoms with Gasteiger partial charge in [0.1, 0.15) is 11.4 Å².